The number of benzene rings is 2. The Kier molecular flexibility index (Phi) is 4.50. The van der Waals surface area contributed by atoms with Gasteiger partial charge < -0.3 is 10.6 Å². The zero-order valence-electron chi connectivity index (χ0n) is 11.5. The van der Waals surface area contributed by atoms with E-state index in [1.165, 1.54) is 12.1 Å². The van der Waals surface area contributed by atoms with Gasteiger partial charge in [-0.3, -0.25) is 14.9 Å². The monoisotopic (exact) mass is 285 g/mol. The van der Waals surface area contributed by atoms with E-state index in [9.17, 15) is 14.9 Å². The van der Waals surface area contributed by atoms with Crippen LogP contribution >= 0.6 is 0 Å². The normalized spacial score (nSPS) is 9.95. The lowest BCUT2D eigenvalue weighted by atomic mass is 10.1. The Balaban J connectivity index is 2.02. The molecule has 0 fully saturated rings. The number of anilines is 1. The van der Waals surface area contributed by atoms with Crippen LogP contribution in [0.3, 0.4) is 0 Å². The van der Waals surface area contributed by atoms with Gasteiger partial charge in [0.25, 0.3) is 11.6 Å². The molecule has 0 atom stereocenters. The number of nitro groups is 1. The average molecular weight is 285 g/mol. The number of rotatable bonds is 5. The van der Waals surface area contributed by atoms with Crippen molar-refractivity contribution in [2.24, 2.45) is 0 Å². The molecule has 6 nitrogen and oxygen atoms in total. The lowest BCUT2D eigenvalue weighted by Crippen LogP contribution is -2.23. The maximum atomic E-state index is 12.1. The maximum Gasteiger partial charge on any atom is 0.269 e. The third kappa shape index (κ3) is 3.56. The summed E-state index contributed by atoms with van der Waals surface area (Å²) >= 11 is 0. The topological polar surface area (TPSA) is 84.3 Å². The molecule has 1 amide bonds. The summed E-state index contributed by atoms with van der Waals surface area (Å²) in [5.41, 5.74) is 2.14. The van der Waals surface area contributed by atoms with Crippen LogP contribution in [0.25, 0.3) is 0 Å². The lowest BCUT2D eigenvalue weighted by molar-refractivity contribution is -0.384. The van der Waals surface area contributed by atoms with Crippen molar-refractivity contribution in [2.45, 2.75) is 6.54 Å². The number of hydrogen-bond acceptors (Lipinski definition) is 4. The summed E-state index contributed by atoms with van der Waals surface area (Å²) in [5, 5.41) is 16.3. The first-order chi connectivity index (χ1) is 10.1. The summed E-state index contributed by atoms with van der Waals surface area (Å²) in [7, 11) is 1.75. The molecule has 108 valence electrons. The van der Waals surface area contributed by atoms with Crippen LogP contribution in [0.15, 0.2) is 48.5 Å². The van der Waals surface area contributed by atoms with Gasteiger partial charge in [0.1, 0.15) is 0 Å². The first kappa shape index (κ1) is 14.5. The fourth-order valence-electron chi connectivity index (χ4n) is 1.91. The molecule has 0 radical (unpaired) electrons. The van der Waals surface area contributed by atoms with E-state index in [1.807, 2.05) is 12.1 Å². The quantitative estimate of drug-likeness (QED) is 0.653. The molecule has 2 aromatic carbocycles. The predicted octanol–water partition coefficient (Wildman–Crippen LogP) is 2.57. The van der Waals surface area contributed by atoms with Crippen molar-refractivity contribution < 1.29 is 9.72 Å². The zero-order chi connectivity index (χ0) is 15.2. The number of hydrogen-bond donors (Lipinski definition) is 2. The molecule has 0 saturated heterocycles. The SMILES string of the molecule is CNc1ccccc1C(=O)NCc1ccc([N+](=O)[O-])cc1. The maximum absolute atomic E-state index is 12.1. The molecule has 0 aliphatic rings. The molecule has 2 N–H and O–H groups in total. The van der Waals surface area contributed by atoms with Crippen molar-refractivity contribution >= 4 is 17.3 Å². The summed E-state index contributed by atoms with van der Waals surface area (Å²) in [6.07, 6.45) is 0. The lowest BCUT2D eigenvalue weighted by Gasteiger charge is -2.09. The Morgan fingerprint density at radius 1 is 1.14 bits per heavy atom. The number of non-ortho nitro benzene ring substituents is 1. The highest BCUT2D eigenvalue weighted by molar-refractivity contribution is 5.99. The summed E-state index contributed by atoms with van der Waals surface area (Å²) in [6.45, 7) is 0.314. The van der Waals surface area contributed by atoms with E-state index < -0.39 is 4.92 Å². The number of carbonyl (C=O) groups is 1. The largest absolute Gasteiger partial charge is 0.387 e. The molecule has 0 aliphatic heterocycles. The number of para-hydroxylation sites is 1. The van der Waals surface area contributed by atoms with E-state index in [1.54, 1.807) is 31.3 Å². The molecule has 0 spiro atoms. The van der Waals surface area contributed by atoms with Crippen LogP contribution in [0.2, 0.25) is 0 Å². The van der Waals surface area contributed by atoms with Crippen LogP contribution in [0.1, 0.15) is 15.9 Å². The van der Waals surface area contributed by atoms with Crippen molar-refractivity contribution in [1.82, 2.24) is 5.32 Å². The fraction of sp³-hybridized carbons (Fsp3) is 0.133. The molecule has 2 rings (SSSR count). The van der Waals surface area contributed by atoms with Crippen molar-refractivity contribution in [2.75, 3.05) is 12.4 Å². The summed E-state index contributed by atoms with van der Waals surface area (Å²) in [4.78, 5) is 22.2. The molecule has 0 aromatic heterocycles. The van der Waals surface area contributed by atoms with Gasteiger partial charge >= 0.3 is 0 Å². The third-order valence-corrected chi connectivity index (χ3v) is 3.04. The van der Waals surface area contributed by atoms with Crippen molar-refractivity contribution in [3.63, 3.8) is 0 Å². The van der Waals surface area contributed by atoms with Crippen LogP contribution < -0.4 is 10.6 Å². The van der Waals surface area contributed by atoms with Crippen molar-refractivity contribution in [3.8, 4) is 0 Å². The summed E-state index contributed by atoms with van der Waals surface area (Å²) < 4.78 is 0. The van der Waals surface area contributed by atoms with Gasteiger partial charge in [0.2, 0.25) is 0 Å². The van der Waals surface area contributed by atoms with Gasteiger partial charge in [0.15, 0.2) is 0 Å². The van der Waals surface area contributed by atoms with E-state index in [4.69, 9.17) is 0 Å². The van der Waals surface area contributed by atoms with Gasteiger partial charge in [0, 0.05) is 31.4 Å². The van der Waals surface area contributed by atoms with Gasteiger partial charge in [-0.1, -0.05) is 24.3 Å². The number of nitrogens with one attached hydrogen (secondary N) is 2. The van der Waals surface area contributed by atoms with Crippen molar-refractivity contribution in [1.29, 1.82) is 0 Å². The number of amides is 1. The van der Waals surface area contributed by atoms with Crippen LogP contribution in [0.5, 0.6) is 0 Å². The second-order valence-electron chi connectivity index (χ2n) is 4.40. The van der Waals surface area contributed by atoms with E-state index in [-0.39, 0.29) is 11.6 Å². The number of nitro benzene ring substituents is 1. The minimum absolute atomic E-state index is 0.0330. The molecule has 0 bridgehead atoms. The second kappa shape index (κ2) is 6.51. The highest BCUT2D eigenvalue weighted by atomic mass is 16.6. The number of carbonyl (C=O) groups excluding carboxylic acids is 1. The minimum Gasteiger partial charge on any atom is -0.387 e. The van der Waals surface area contributed by atoms with Gasteiger partial charge in [-0.25, -0.2) is 0 Å². The first-order valence-corrected chi connectivity index (χ1v) is 6.40. The van der Waals surface area contributed by atoms with E-state index in [0.717, 1.165) is 11.3 Å². The third-order valence-electron chi connectivity index (χ3n) is 3.04. The molecule has 0 saturated carbocycles. The summed E-state index contributed by atoms with van der Waals surface area (Å²) in [5.74, 6) is -0.196. The minimum atomic E-state index is -0.453. The van der Waals surface area contributed by atoms with Crippen LogP contribution in [-0.4, -0.2) is 17.9 Å². The Morgan fingerprint density at radius 3 is 2.43 bits per heavy atom. The van der Waals surface area contributed by atoms with Gasteiger partial charge in [-0.05, 0) is 17.7 Å². The van der Waals surface area contributed by atoms with E-state index >= 15 is 0 Å². The molecular formula is C15H15N3O3. The molecule has 6 heteroatoms. The first-order valence-electron chi connectivity index (χ1n) is 6.40. The Morgan fingerprint density at radius 2 is 1.81 bits per heavy atom. The predicted molar refractivity (Wildman–Crippen MR) is 80.3 cm³/mol. The summed E-state index contributed by atoms with van der Waals surface area (Å²) in [6, 6.07) is 13.3. The standard InChI is InChI=1S/C15H15N3O3/c1-16-14-5-3-2-4-13(14)15(19)17-10-11-6-8-12(9-7-11)18(20)21/h2-9,16H,10H2,1H3,(H,17,19). The van der Waals surface area contributed by atoms with Gasteiger partial charge in [0.05, 0.1) is 10.5 Å². The van der Waals surface area contributed by atoms with Crippen LogP contribution in [0, 0.1) is 10.1 Å². The van der Waals surface area contributed by atoms with E-state index in [0.29, 0.717) is 12.1 Å². The van der Waals surface area contributed by atoms with Gasteiger partial charge in [-0.2, -0.15) is 0 Å². The molecular weight excluding hydrogens is 270 g/mol. The number of nitrogens with zero attached hydrogens (tertiary/aromatic N) is 1. The van der Waals surface area contributed by atoms with Crippen LogP contribution in [0.4, 0.5) is 11.4 Å². The second-order valence-corrected chi connectivity index (χ2v) is 4.40. The van der Waals surface area contributed by atoms with Crippen LogP contribution in [-0.2, 0) is 6.54 Å². The Hall–Kier alpha value is -2.89. The highest BCUT2D eigenvalue weighted by Gasteiger charge is 2.10. The van der Waals surface area contributed by atoms with Crippen molar-refractivity contribution in [3.05, 3.63) is 69.8 Å². The Bertz CT molecular complexity index is 653. The molecule has 2 aromatic rings. The fourth-order valence-corrected chi connectivity index (χ4v) is 1.91. The smallest absolute Gasteiger partial charge is 0.269 e. The molecule has 21 heavy (non-hydrogen) atoms. The molecule has 0 aliphatic carbocycles. The Labute approximate surface area is 121 Å². The average Bonchev–Trinajstić information content (AvgIpc) is 2.52. The molecule has 0 unspecified atom stereocenters. The van der Waals surface area contributed by atoms with Gasteiger partial charge in [-0.15, -0.1) is 0 Å². The highest BCUT2D eigenvalue weighted by Crippen LogP contribution is 2.15. The molecule has 0 heterocycles. The zero-order valence-corrected chi connectivity index (χ0v) is 11.5. The van der Waals surface area contributed by atoms with E-state index in [2.05, 4.69) is 10.6 Å².